The molecule has 0 bridgehead atoms. The van der Waals surface area contributed by atoms with Gasteiger partial charge in [-0.1, -0.05) is 41.4 Å². The van der Waals surface area contributed by atoms with Gasteiger partial charge >= 0.3 is 0 Å². The monoisotopic (exact) mass is 484 g/mol. The van der Waals surface area contributed by atoms with E-state index >= 15 is 0 Å². The Morgan fingerprint density at radius 1 is 1.00 bits per heavy atom. The molecule has 1 saturated carbocycles. The number of hydrogen-bond donors (Lipinski definition) is 0. The van der Waals surface area contributed by atoms with Crippen molar-refractivity contribution >= 4 is 39.1 Å². The lowest BCUT2D eigenvalue weighted by Gasteiger charge is -2.34. The smallest absolute Gasteiger partial charge is 0.246 e. The first-order valence-corrected chi connectivity index (χ1v) is 12.5. The first kappa shape index (κ1) is 22.5. The molecule has 0 unspecified atom stereocenters. The highest BCUT2D eigenvalue weighted by molar-refractivity contribution is 7.89. The topological polar surface area (TPSA) is 57.7 Å². The molecule has 2 fully saturated rings. The molecule has 0 radical (unpaired) electrons. The van der Waals surface area contributed by atoms with Crippen molar-refractivity contribution in [3.05, 3.63) is 63.9 Å². The van der Waals surface area contributed by atoms with E-state index in [1.165, 1.54) is 28.6 Å². The van der Waals surface area contributed by atoms with E-state index in [1.807, 2.05) is 4.90 Å². The first-order valence-electron chi connectivity index (χ1n) is 10.3. The van der Waals surface area contributed by atoms with E-state index in [2.05, 4.69) is 0 Å². The number of carbonyl (C=O) groups is 1. The second kappa shape index (κ2) is 9.06. The normalized spacial score (nSPS) is 18.2. The SMILES string of the molecule is O=C(C1CCN(S(=O)(=O)c2c(Cl)cccc2Cl)CC1)N(Cc1ccc(F)cc1)C1CC1. The molecule has 1 saturated heterocycles. The van der Waals surface area contributed by atoms with Crippen molar-refractivity contribution in [2.45, 2.75) is 43.2 Å². The van der Waals surface area contributed by atoms with Crippen LogP contribution in [-0.2, 0) is 21.4 Å². The van der Waals surface area contributed by atoms with Crippen LogP contribution in [0.3, 0.4) is 0 Å². The summed E-state index contributed by atoms with van der Waals surface area (Å²) in [5, 5.41) is 0.176. The Hall–Kier alpha value is -1.67. The van der Waals surface area contributed by atoms with Gasteiger partial charge in [0.05, 0.1) is 10.0 Å². The van der Waals surface area contributed by atoms with Crippen LogP contribution in [0.4, 0.5) is 4.39 Å². The van der Waals surface area contributed by atoms with Crippen LogP contribution in [0.15, 0.2) is 47.4 Å². The summed E-state index contributed by atoms with van der Waals surface area (Å²) in [5.41, 5.74) is 0.884. The van der Waals surface area contributed by atoms with Gasteiger partial charge in [-0.15, -0.1) is 0 Å². The number of benzene rings is 2. The zero-order valence-electron chi connectivity index (χ0n) is 16.8. The molecule has 0 atom stereocenters. The van der Waals surface area contributed by atoms with Crippen LogP contribution in [0.25, 0.3) is 0 Å². The van der Waals surface area contributed by atoms with E-state index in [0.29, 0.717) is 19.4 Å². The number of carbonyl (C=O) groups excluding carboxylic acids is 1. The van der Waals surface area contributed by atoms with Crippen LogP contribution in [0, 0.1) is 11.7 Å². The van der Waals surface area contributed by atoms with Crippen LogP contribution in [0.5, 0.6) is 0 Å². The summed E-state index contributed by atoms with van der Waals surface area (Å²) in [4.78, 5) is 15.0. The fourth-order valence-corrected chi connectivity index (χ4v) is 6.56. The Balaban J connectivity index is 1.44. The minimum atomic E-state index is -3.84. The fraction of sp³-hybridized carbons (Fsp3) is 0.409. The molecule has 0 spiro atoms. The van der Waals surface area contributed by atoms with E-state index in [1.54, 1.807) is 18.2 Å². The number of piperidine rings is 1. The molecule has 2 aliphatic rings. The average molecular weight is 485 g/mol. The van der Waals surface area contributed by atoms with Gasteiger partial charge in [-0.05, 0) is 55.5 Å². The molecule has 5 nitrogen and oxygen atoms in total. The summed E-state index contributed by atoms with van der Waals surface area (Å²) in [5.74, 6) is -0.505. The summed E-state index contributed by atoms with van der Waals surface area (Å²) < 4.78 is 40.7. The third-order valence-electron chi connectivity index (χ3n) is 5.86. The van der Waals surface area contributed by atoms with Crippen molar-refractivity contribution in [2.75, 3.05) is 13.1 Å². The maximum absolute atomic E-state index is 13.2. The largest absolute Gasteiger partial charge is 0.335 e. The van der Waals surface area contributed by atoms with Gasteiger partial charge < -0.3 is 4.90 Å². The molecule has 0 N–H and O–H groups in total. The van der Waals surface area contributed by atoms with Gasteiger partial charge in [-0.25, -0.2) is 12.8 Å². The van der Waals surface area contributed by atoms with Crippen molar-refractivity contribution in [1.29, 1.82) is 0 Å². The van der Waals surface area contributed by atoms with Crippen molar-refractivity contribution in [1.82, 2.24) is 9.21 Å². The average Bonchev–Trinajstić information content (AvgIpc) is 3.58. The summed E-state index contributed by atoms with van der Waals surface area (Å²) in [6.07, 6.45) is 2.80. The Labute approximate surface area is 191 Å². The molecule has 9 heteroatoms. The standard InChI is InChI=1S/C22H23Cl2FN2O3S/c23-19-2-1-3-20(24)21(19)31(29,30)26-12-10-16(11-13-26)22(28)27(18-8-9-18)14-15-4-6-17(25)7-5-15/h1-7,16,18H,8-14H2. The Kier molecular flexibility index (Phi) is 6.58. The third-order valence-corrected chi connectivity index (χ3v) is 8.71. The first-order chi connectivity index (χ1) is 14.8. The quantitative estimate of drug-likeness (QED) is 0.595. The number of hydrogen-bond acceptors (Lipinski definition) is 3. The van der Waals surface area contributed by atoms with Gasteiger partial charge in [-0.3, -0.25) is 4.79 Å². The number of rotatable bonds is 6. The number of nitrogens with zero attached hydrogens (tertiary/aromatic N) is 2. The number of halogens is 3. The van der Waals surface area contributed by atoms with Gasteiger partial charge in [0.15, 0.2) is 0 Å². The molecule has 1 aliphatic carbocycles. The fourth-order valence-electron chi connectivity index (χ4n) is 4.00. The summed E-state index contributed by atoms with van der Waals surface area (Å²) in [7, 11) is -3.84. The van der Waals surface area contributed by atoms with Gasteiger partial charge in [0.25, 0.3) is 0 Å². The molecule has 2 aromatic rings. The lowest BCUT2D eigenvalue weighted by molar-refractivity contribution is -0.138. The lowest BCUT2D eigenvalue weighted by atomic mass is 9.96. The number of sulfonamides is 1. The van der Waals surface area contributed by atoms with E-state index < -0.39 is 10.0 Å². The zero-order chi connectivity index (χ0) is 22.2. The molecule has 1 amide bonds. The second-order valence-corrected chi connectivity index (χ2v) is 10.7. The highest BCUT2D eigenvalue weighted by atomic mass is 35.5. The summed E-state index contributed by atoms with van der Waals surface area (Å²) in [6, 6.07) is 11.0. The second-order valence-electron chi connectivity index (χ2n) is 8.05. The van der Waals surface area contributed by atoms with Gasteiger partial charge in [0, 0.05) is 31.6 Å². The van der Waals surface area contributed by atoms with Crippen LogP contribution >= 0.6 is 23.2 Å². The van der Waals surface area contributed by atoms with Crippen LogP contribution < -0.4 is 0 Å². The van der Waals surface area contributed by atoms with Crippen LogP contribution in [-0.4, -0.2) is 42.7 Å². The Morgan fingerprint density at radius 2 is 1.58 bits per heavy atom. The minimum absolute atomic E-state index is 0.0413. The molecule has 1 aliphatic heterocycles. The summed E-state index contributed by atoms with van der Waals surface area (Å²) >= 11 is 12.2. The van der Waals surface area contributed by atoms with E-state index in [9.17, 15) is 17.6 Å². The van der Waals surface area contributed by atoms with Gasteiger partial charge in [0.2, 0.25) is 15.9 Å². The zero-order valence-corrected chi connectivity index (χ0v) is 19.1. The van der Waals surface area contributed by atoms with Gasteiger partial charge in [0.1, 0.15) is 10.7 Å². The maximum Gasteiger partial charge on any atom is 0.246 e. The maximum atomic E-state index is 13.2. The molecule has 1 heterocycles. The molecular weight excluding hydrogens is 462 g/mol. The Morgan fingerprint density at radius 3 is 2.13 bits per heavy atom. The van der Waals surface area contributed by atoms with Crippen molar-refractivity contribution in [2.24, 2.45) is 5.92 Å². The van der Waals surface area contributed by atoms with E-state index in [0.717, 1.165) is 18.4 Å². The third kappa shape index (κ3) is 4.90. The van der Waals surface area contributed by atoms with Crippen molar-refractivity contribution < 1.29 is 17.6 Å². The molecule has 166 valence electrons. The van der Waals surface area contributed by atoms with E-state index in [4.69, 9.17) is 23.2 Å². The highest BCUT2D eigenvalue weighted by Gasteiger charge is 2.39. The van der Waals surface area contributed by atoms with E-state index in [-0.39, 0.29) is 51.7 Å². The molecular formula is C22H23Cl2FN2O3S. The van der Waals surface area contributed by atoms with Gasteiger partial charge in [-0.2, -0.15) is 4.31 Å². The van der Waals surface area contributed by atoms with Crippen molar-refractivity contribution in [3.63, 3.8) is 0 Å². The van der Waals surface area contributed by atoms with Crippen molar-refractivity contribution in [3.8, 4) is 0 Å². The molecule has 0 aromatic heterocycles. The Bertz CT molecular complexity index is 1050. The molecule has 4 rings (SSSR count). The predicted octanol–water partition coefficient (Wildman–Crippen LogP) is 4.72. The molecule has 2 aromatic carbocycles. The van der Waals surface area contributed by atoms with Crippen LogP contribution in [0.2, 0.25) is 10.0 Å². The molecule has 31 heavy (non-hydrogen) atoms. The highest BCUT2D eigenvalue weighted by Crippen LogP contribution is 2.35. The van der Waals surface area contributed by atoms with Crippen LogP contribution in [0.1, 0.15) is 31.2 Å². The summed E-state index contributed by atoms with van der Waals surface area (Å²) in [6.45, 7) is 0.905. The predicted molar refractivity (Wildman–Crippen MR) is 118 cm³/mol. The number of amides is 1. The lowest BCUT2D eigenvalue weighted by Crippen LogP contribution is -2.45. The minimum Gasteiger partial charge on any atom is -0.335 e.